The van der Waals surface area contributed by atoms with Crippen LogP contribution in [-0.2, 0) is 14.3 Å². The molecule has 4 fully saturated rings. The Balaban J connectivity index is 1.86. The molecule has 2 heterocycles. The molecule has 1 N–H and O–H groups in total. The van der Waals surface area contributed by atoms with Gasteiger partial charge in [0.2, 0.25) is 0 Å². The molecule has 2 aliphatic carbocycles. The van der Waals surface area contributed by atoms with Crippen LogP contribution in [0.25, 0.3) is 0 Å². The van der Waals surface area contributed by atoms with Crippen molar-refractivity contribution in [3.05, 3.63) is 0 Å². The van der Waals surface area contributed by atoms with Crippen LogP contribution in [0.4, 0.5) is 0 Å². The van der Waals surface area contributed by atoms with Crippen molar-refractivity contribution in [3.8, 4) is 0 Å². The first-order valence-electron chi connectivity index (χ1n) is 8.76. The van der Waals surface area contributed by atoms with E-state index in [4.69, 9.17) is 9.47 Å². The number of aliphatic hydroxyl groups excluding tert-OH is 1. The number of rotatable bonds is 2. The molecule has 4 nitrogen and oxygen atoms in total. The molecule has 4 rings (SSSR count). The first kappa shape index (κ1) is 16.3. The zero-order valence-corrected chi connectivity index (χ0v) is 16.1. The van der Waals surface area contributed by atoms with Gasteiger partial charge in [-0.1, -0.05) is 29.8 Å². The van der Waals surface area contributed by atoms with Crippen molar-refractivity contribution < 1.29 is 19.4 Å². The molecule has 0 radical (unpaired) electrons. The van der Waals surface area contributed by atoms with Gasteiger partial charge in [0.25, 0.3) is 0 Å². The molecule has 23 heavy (non-hydrogen) atoms. The van der Waals surface area contributed by atoms with Gasteiger partial charge < -0.3 is 14.6 Å². The molecular weight excluding hydrogens is 360 g/mol. The van der Waals surface area contributed by atoms with Crippen LogP contribution >= 0.6 is 15.9 Å². The third-order valence-electron chi connectivity index (χ3n) is 8.10. The molecule has 130 valence electrons. The Morgan fingerprint density at radius 1 is 1.35 bits per heavy atom. The molecule has 2 aliphatic heterocycles. The first-order chi connectivity index (χ1) is 10.6. The minimum absolute atomic E-state index is 0.0220. The summed E-state index contributed by atoms with van der Waals surface area (Å²) in [5.41, 5.74) is -1.48. The van der Waals surface area contributed by atoms with Gasteiger partial charge >= 0.3 is 5.97 Å². The second-order valence-electron chi connectivity index (χ2n) is 8.82. The van der Waals surface area contributed by atoms with Crippen molar-refractivity contribution in [1.29, 1.82) is 0 Å². The fourth-order valence-electron chi connectivity index (χ4n) is 6.97. The van der Waals surface area contributed by atoms with Crippen LogP contribution in [0.15, 0.2) is 0 Å². The summed E-state index contributed by atoms with van der Waals surface area (Å²) < 4.78 is 12.5. The molecule has 6 unspecified atom stereocenters. The fourth-order valence-corrected chi connectivity index (χ4v) is 7.46. The predicted octanol–water partition coefficient (Wildman–Crippen LogP) is 2.90. The van der Waals surface area contributed by atoms with Crippen LogP contribution in [0.3, 0.4) is 0 Å². The number of esters is 1. The largest absolute Gasteiger partial charge is 0.461 e. The molecule has 0 bridgehead atoms. The van der Waals surface area contributed by atoms with Crippen LogP contribution in [0.1, 0.15) is 47.5 Å². The lowest BCUT2D eigenvalue weighted by molar-refractivity contribution is -0.178. The summed E-state index contributed by atoms with van der Waals surface area (Å²) in [6.45, 7) is 10.4. The van der Waals surface area contributed by atoms with E-state index >= 15 is 0 Å². The van der Waals surface area contributed by atoms with Crippen molar-refractivity contribution >= 4 is 21.9 Å². The van der Waals surface area contributed by atoms with E-state index in [9.17, 15) is 9.90 Å². The lowest BCUT2D eigenvalue weighted by Gasteiger charge is -2.47. The minimum atomic E-state index is -0.447. The lowest BCUT2D eigenvalue weighted by atomic mass is 9.58. The van der Waals surface area contributed by atoms with Crippen LogP contribution in [0.5, 0.6) is 0 Å². The maximum absolute atomic E-state index is 12.6. The second kappa shape index (κ2) is 4.34. The number of ether oxygens (including phenoxy) is 2. The second-order valence-corrected chi connectivity index (χ2v) is 9.38. The van der Waals surface area contributed by atoms with Crippen molar-refractivity contribution in [1.82, 2.24) is 0 Å². The van der Waals surface area contributed by atoms with E-state index in [-0.39, 0.29) is 34.7 Å². The van der Waals surface area contributed by atoms with Gasteiger partial charge in [-0.25, -0.2) is 0 Å². The van der Waals surface area contributed by atoms with Crippen LogP contribution in [0, 0.1) is 28.6 Å². The highest BCUT2D eigenvalue weighted by Gasteiger charge is 2.89. The highest BCUT2D eigenvalue weighted by molar-refractivity contribution is 9.09. The Labute approximate surface area is 146 Å². The number of fused-ring (bicyclic) bond motifs is 1. The van der Waals surface area contributed by atoms with Crippen molar-refractivity contribution in [2.24, 2.45) is 28.6 Å². The summed E-state index contributed by atoms with van der Waals surface area (Å²) in [4.78, 5) is 12.6. The summed E-state index contributed by atoms with van der Waals surface area (Å²) in [6, 6.07) is 0. The Kier molecular flexibility index (Phi) is 3.08. The van der Waals surface area contributed by atoms with E-state index in [1.54, 1.807) is 0 Å². The first-order valence-corrected chi connectivity index (χ1v) is 9.88. The van der Waals surface area contributed by atoms with Gasteiger partial charge in [-0.3, -0.25) is 4.79 Å². The molecule has 5 heteroatoms. The van der Waals surface area contributed by atoms with E-state index in [0.29, 0.717) is 11.2 Å². The van der Waals surface area contributed by atoms with E-state index < -0.39 is 17.3 Å². The average molecular weight is 387 g/mol. The van der Waals surface area contributed by atoms with Crippen LogP contribution in [0.2, 0.25) is 0 Å². The highest BCUT2D eigenvalue weighted by atomic mass is 79.9. The number of halogens is 1. The smallest absolute Gasteiger partial charge is 0.313 e. The zero-order chi connectivity index (χ0) is 17.0. The Bertz CT molecular complexity index is 579. The Hall–Kier alpha value is -0.130. The van der Waals surface area contributed by atoms with E-state index in [1.165, 1.54) is 0 Å². The standard InChI is InChI=1S/C18H27BrO4/c1-9-13(10(2)20)15(4,8-19)23-18(9)7-12-6-17(12)14(21)22-11(3)16(17,18)5/h9-13,20H,6-8H2,1-5H3/t9?,10?,11?,12-,13?,15-,16?,17-,18?/m1/s1. The third-order valence-corrected chi connectivity index (χ3v) is 9.21. The van der Waals surface area contributed by atoms with E-state index in [1.807, 2.05) is 13.8 Å². The van der Waals surface area contributed by atoms with Crippen LogP contribution < -0.4 is 0 Å². The normalized spacial score (nSPS) is 61.4. The van der Waals surface area contributed by atoms with Gasteiger partial charge in [0.15, 0.2) is 0 Å². The molecular formula is C18H27BrO4. The number of carbonyl (C=O) groups excluding carboxylic acids is 1. The summed E-state index contributed by atoms with van der Waals surface area (Å²) in [5.74, 6) is 0.568. The monoisotopic (exact) mass is 386 g/mol. The number of cyclic esters (lactones) is 1. The highest BCUT2D eigenvalue weighted by Crippen LogP contribution is 2.83. The summed E-state index contributed by atoms with van der Waals surface area (Å²) >= 11 is 3.61. The number of hydrogen-bond acceptors (Lipinski definition) is 4. The Morgan fingerprint density at radius 2 is 2.00 bits per heavy atom. The van der Waals surface area contributed by atoms with E-state index in [2.05, 4.69) is 36.7 Å². The van der Waals surface area contributed by atoms with Crippen molar-refractivity contribution in [3.63, 3.8) is 0 Å². The van der Waals surface area contributed by atoms with Gasteiger partial charge in [0.1, 0.15) is 6.10 Å². The third kappa shape index (κ3) is 1.46. The number of carbonyl (C=O) groups is 1. The minimum Gasteiger partial charge on any atom is -0.461 e. The summed E-state index contributed by atoms with van der Waals surface area (Å²) in [7, 11) is 0. The summed E-state index contributed by atoms with van der Waals surface area (Å²) in [6.07, 6.45) is 1.26. The molecule has 0 amide bonds. The molecule has 0 aromatic rings. The maximum atomic E-state index is 12.6. The van der Waals surface area contributed by atoms with Gasteiger partial charge in [-0.2, -0.15) is 0 Å². The topological polar surface area (TPSA) is 55.8 Å². The SMILES string of the molecule is CC(O)C1C(C)C2(C[C@H]3C[C@]34C(=O)OC(C)C24C)O[C@]1(C)CBr. The molecule has 0 aromatic carbocycles. The summed E-state index contributed by atoms with van der Waals surface area (Å²) in [5, 5.41) is 11.1. The van der Waals surface area contributed by atoms with Gasteiger partial charge in [0, 0.05) is 11.2 Å². The molecule has 2 saturated heterocycles. The number of hydrogen-bond donors (Lipinski definition) is 1. The molecule has 2 spiro atoms. The van der Waals surface area contributed by atoms with Crippen molar-refractivity contribution in [2.45, 2.75) is 70.9 Å². The predicted molar refractivity (Wildman–Crippen MR) is 89.2 cm³/mol. The average Bonchev–Trinajstić information content (AvgIpc) is 3.01. The molecule has 9 atom stereocenters. The Morgan fingerprint density at radius 3 is 2.52 bits per heavy atom. The fraction of sp³-hybridized carbons (Fsp3) is 0.944. The molecule has 0 aromatic heterocycles. The van der Waals surface area contributed by atoms with Gasteiger partial charge in [-0.05, 0) is 45.4 Å². The molecule has 2 saturated carbocycles. The quantitative estimate of drug-likeness (QED) is 0.585. The zero-order valence-electron chi connectivity index (χ0n) is 14.6. The van der Waals surface area contributed by atoms with Gasteiger partial charge in [-0.15, -0.1) is 0 Å². The number of alkyl halides is 1. The van der Waals surface area contributed by atoms with Gasteiger partial charge in [0.05, 0.1) is 28.1 Å². The van der Waals surface area contributed by atoms with Crippen molar-refractivity contribution in [2.75, 3.05) is 5.33 Å². The lowest BCUT2D eigenvalue weighted by Crippen LogP contribution is -2.55. The maximum Gasteiger partial charge on any atom is 0.313 e. The van der Waals surface area contributed by atoms with E-state index in [0.717, 1.165) is 12.8 Å². The number of aliphatic hydroxyl groups is 1. The van der Waals surface area contributed by atoms with Crippen LogP contribution in [-0.4, -0.2) is 39.8 Å². The molecule has 4 aliphatic rings.